The van der Waals surface area contributed by atoms with Gasteiger partial charge in [0.05, 0.1) is 19.9 Å². The lowest BCUT2D eigenvalue weighted by atomic mass is 10.1. The Balaban J connectivity index is 1.60. The van der Waals surface area contributed by atoms with Gasteiger partial charge in [0.1, 0.15) is 17.1 Å². The number of fused-ring (bicyclic) bond motifs is 1. The van der Waals surface area contributed by atoms with Crippen molar-refractivity contribution in [3.05, 3.63) is 52.4 Å². The summed E-state index contributed by atoms with van der Waals surface area (Å²) in [6.07, 6.45) is 1.32. The minimum absolute atomic E-state index is 0.137. The van der Waals surface area contributed by atoms with E-state index in [9.17, 15) is 9.59 Å². The number of carbonyl (C=O) groups excluding carboxylic acids is 2. The zero-order valence-corrected chi connectivity index (χ0v) is 19.3. The minimum Gasteiger partial charge on any atom is -0.496 e. The van der Waals surface area contributed by atoms with Gasteiger partial charge in [-0.2, -0.15) is 0 Å². The maximum Gasteiger partial charge on any atom is 0.265 e. The van der Waals surface area contributed by atoms with E-state index >= 15 is 0 Å². The molecule has 7 nitrogen and oxygen atoms in total. The Morgan fingerprint density at radius 2 is 1.88 bits per heavy atom. The number of carbonyl (C=O) groups is 2. The predicted molar refractivity (Wildman–Crippen MR) is 126 cm³/mol. The third-order valence-electron chi connectivity index (χ3n) is 5.52. The number of aryl methyl sites for hydroxylation is 1. The molecule has 0 saturated carbocycles. The lowest BCUT2D eigenvalue weighted by Crippen LogP contribution is -2.27. The number of nitrogens with one attached hydrogen (secondary N) is 1. The largest absolute Gasteiger partial charge is 0.496 e. The highest BCUT2D eigenvalue weighted by Gasteiger charge is 2.25. The van der Waals surface area contributed by atoms with Gasteiger partial charge in [-0.25, -0.2) is 4.98 Å². The number of amides is 2. The van der Waals surface area contributed by atoms with E-state index in [-0.39, 0.29) is 11.8 Å². The van der Waals surface area contributed by atoms with Crippen molar-refractivity contribution in [2.24, 2.45) is 0 Å². The quantitative estimate of drug-likeness (QED) is 0.588. The fourth-order valence-corrected chi connectivity index (χ4v) is 4.78. The first-order valence-corrected chi connectivity index (χ1v) is 11.2. The molecule has 0 bridgehead atoms. The van der Waals surface area contributed by atoms with E-state index in [1.165, 1.54) is 25.6 Å². The highest BCUT2D eigenvalue weighted by molar-refractivity contribution is 7.16. The summed E-state index contributed by atoms with van der Waals surface area (Å²) < 4.78 is 10.7. The van der Waals surface area contributed by atoms with Crippen LogP contribution in [0, 0.1) is 6.92 Å². The second kappa shape index (κ2) is 9.00. The number of benzene rings is 2. The number of methoxy groups -OCH3 is 2. The van der Waals surface area contributed by atoms with Crippen LogP contribution in [0.5, 0.6) is 11.5 Å². The van der Waals surface area contributed by atoms with Crippen LogP contribution in [0.4, 0.5) is 10.8 Å². The maximum absolute atomic E-state index is 13.0. The van der Waals surface area contributed by atoms with Crippen molar-refractivity contribution in [2.75, 3.05) is 31.0 Å². The average molecular weight is 452 g/mol. The molecule has 0 unspecified atom stereocenters. The van der Waals surface area contributed by atoms with Crippen molar-refractivity contribution < 1.29 is 19.1 Å². The summed E-state index contributed by atoms with van der Waals surface area (Å²) in [5.74, 6) is 0.653. The van der Waals surface area contributed by atoms with E-state index in [2.05, 4.69) is 16.4 Å². The molecule has 2 amide bonds. The number of aromatic nitrogens is 1. The number of anilines is 2. The SMILES string of the molecule is CCC(=O)N1CCc2cc(-c3nc(NC(=O)c4c(OC)cccc4OC)sc3C)ccc21. The van der Waals surface area contributed by atoms with Crippen LogP contribution >= 0.6 is 11.3 Å². The summed E-state index contributed by atoms with van der Waals surface area (Å²) >= 11 is 1.41. The van der Waals surface area contributed by atoms with Crippen molar-refractivity contribution >= 4 is 34.0 Å². The molecule has 8 heteroatoms. The number of ether oxygens (including phenoxy) is 2. The van der Waals surface area contributed by atoms with Crippen LogP contribution in [0.25, 0.3) is 11.3 Å². The summed E-state index contributed by atoms with van der Waals surface area (Å²) in [5.41, 5.74) is 4.23. The first-order valence-electron chi connectivity index (χ1n) is 10.4. The van der Waals surface area contributed by atoms with Crippen LogP contribution in [-0.2, 0) is 11.2 Å². The van der Waals surface area contributed by atoms with Crippen LogP contribution in [0.2, 0.25) is 0 Å². The Morgan fingerprint density at radius 1 is 1.16 bits per heavy atom. The third kappa shape index (κ3) is 3.93. The van der Waals surface area contributed by atoms with Gasteiger partial charge in [-0.1, -0.05) is 19.1 Å². The van der Waals surface area contributed by atoms with Gasteiger partial charge in [-0.3, -0.25) is 14.9 Å². The lowest BCUT2D eigenvalue weighted by molar-refractivity contribution is -0.118. The van der Waals surface area contributed by atoms with E-state index in [0.717, 1.165) is 33.8 Å². The minimum atomic E-state index is -0.345. The van der Waals surface area contributed by atoms with E-state index < -0.39 is 0 Å². The Morgan fingerprint density at radius 3 is 2.53 bits per heavy atom. The topological polar surface area (TPSA) is 80.8 Å². The number of rotatable bonds is 6. The number of nitrogens with zero attached hydrogens (tertiary/aromatic N) is 2. The molecule has 2 aromatic carbocycles. The second-order valence-electron chi connectivity index (χ2n) is 7.41. The second-order valence-corrected chi connectivity index (χ2v) is 8.61. The molecular formula is C24H25N3O4S. The summed E-state index contributed by atoms with van der Waals surface area (Å²) in [5, 5.41) is 3.37. The van der Waals surface area contributed by atoms with Crippen molar-refractivity contribution in [2.45, 2.75) is 26.7 Å². The van der Waals surface area contributed by atoms with Crippen LogP contribution in [-0.4, -0.2) is 37.6 Å². The maximum atomic E-state index is 13.0. The van der Waals surface area contributed by atoms with E-state index in [1.54, 1.807) is 18.2 Å². The van der Waals surface area contributed by atoms with Gasteiger partial charge in [0.2, 0.25) is 5.91 Å². The zero-order valence-electron chi connectivity index (χ0n) is 18.5. The molecule has 0 atom stereocenters. The molecular weight excluding hydrogens is 426 g/mol. The first kappa shape index (κ1) is 21.8. The Hall–Kier alpha value is -3.39. The van der Waals surface area contributed by atoms with Gasteiger partial charge in [0, 0.05) is 29.1 Å². The zero-order chi connectivity index (χ0) is 22.8. The molecule has 0 aliphatic carbocycles. The van der Waals surface area contributed by atoms with Crippen molar-refractivity contribution in [1.82, 2.24) is 4.98 Å². The standard InChI is InChI=1S/C24H25N3O4S/c1-5-20(28)27-12-11-15-13-16(9-10-17(15)27)22-14(2)32-24(25-22)26-23(29)21-18(30-3)7-6-8-19(21)31-4/h6-10,13H,5,11-12H2,1-4H3,(H,25,26,29). The first-order chi connectivity index (χ1) is 15.5. The average Bonchev–Trinajstić information content (AvgIpc) is 3.40. The van der Waals surface area contributed by atoms with Gasteiger partial charge < -0.3 is 14.4 Å². The lowest BCUT2D eigenvalue weighted by Gasteiger charge is -2.16. The Kier molecular flexibility index (Phi) is 6.14. The van der Waals surface area contributed by atoms with Crippen LogP contribution in [0.15, 0.2) is 36.4 Å². The molecule has 1 aromatic heterocycles. The van der Waals surface area contributed by atoms with Crippen LogP contribution < -0.4 is 19.7 Å². The van der Waals surface area contributed by atoms with Gasteiger partial charge in [-0.15, -0.1) is 11.3 Å². The molecule has 1 aliphatic heterocycles. The monoisotopic (exact) mass is 451 g/mol. The molecule has 0 saturated heterocycles. The molecule has 32 heavy (non-hydrogen) atoms. The molecule has 0 fully saturated rings. The summed E-state index contributed by atoms with van der Waals surface area (Å²) in [6.45, 7) is 4.57. The van der Waals surface area contributed by atoms with Crippen molar-refractivity contribution in [3.63, 3.8) is 0 Å². The molecule has 1 N–H and O–H groups in total. The number of hydrogen-bond donors (Lipinski definition) is 1. The Bertz CT molecular complexity index is 1170. The molecule has 0 spiro atoms. The molecule has 4 rings (SSSR count). The Labute approximate surface area is 191 Å². The van der Waals surface area contributed by atoms with Crippen LogP contribution in [0.1, 0.15) is 34.1 Å². The van der Waals surface area contributed by atoms with Crippen molar-refractivity contribution in [1.29, 1.82) is 0 Å². The predicted octanol–water partition coefficient (Wildman–Crippen LogP) is 4.69. The van der Waals surface area contributed by atoms with E-state index in [1.807, 2.05) is 30.9 Å². The normalized spacial score (nSPS) is 12.4. The molecule has 2 heterocycles. The van der Waals surface area contributed by atoms with Crippen molar-refractivity contribution in [3.8, 4) is 22.8 Å². The summed E-state index contributed by atoms with van der Waals surface area (Å²) in [7, 11) is 3.03. The molecule has 166 valence electrons. The molecule has 0 radical (unpaired) electrons. The van der Waals surface area contributed by atoms with Gasteiger partial charge in [0.15, 0.2) is 5.13 Å². The highest BCUT2D eigenvalue weighted by Crippen LogP contribution is 2.36. The summed E-state index contributed by atoms with van der Waals surface area (Å²) in [4.78, 5) is 32.6. The van der Waals surface area contributed by atoms with E-state index in [4.69, 9.17) is 9.47 Å². The third-order valence-corrected chi connectivity index (χ3v) is 6.41. The van der Waals surface area contributed by atoms with Crippen LogP contribution in [0.3, 0.4) is 0 Å². The highest BCUT2D eigenvalue weighted by atomic mass is 32.1. The van der Waals surface area contributed by atoms with Gasteiger partial charge in [-0.05, 0) is 43.2 Å². The molecule has 3 aromatic rings. The number of thiazole rings is 1. The van der Waals surface area contributed by atoms with Gasteiger partial charge >= 0.3 is 0 Å². The van der Waals surface area contributed by atoms with E-state index in [0.29, 0.717) is 35.2 Å². The fraction of sp³-hybridized carbons (Fsp3) is 0.292. The number of hydrogen-bond acceptors (Lipinski definition) is 6. The fourth-order valence-electron chi connectivity index (χ4n) is 3.95. The molecule has 1 aliphatic rings. The summed E-state index contributed by atoms with van der Waals surface area (Å²) in [6, 6.07) is 11.3. The smallest absolute Gasteiger partial charge is 0.265 e. The van der Waals surface area contributed by atoms with Gasteiger partial charge in [0.25, 0.3) is 5.91 Å².